The minimum Gasteiger partial charge on any atom is -0.494 e. The van der Waals surface area contributed by atoms with Crippen LogP contribution in [0.3, 0.4) is 0 Å². The van der Waals surface area contributed by atoms with Crippen LogP contribution in [-0.4, -0.2) is 180 Å². The molecule has 6 unspecified atom stereocenters. The number of carbonyl (C=O) groups is 4. The summed E-state index contributed by atoms with van der Waals surface area (Å²) in [4.78, 5) is 77.6. The number of rotatable bonds is 25. The van der Waals surface area contributed by atoms with E-state index in [-0.39, 0.29) is 63.2 Å². The Morgan fingerprint density at radius 2 is 0.797 bits per heavy atom. The van der Waals surface area contributed by atoms with Crippen LogP contribution in [-0.2, 0) is 41.7 Å². The molecule has 0 saturated carbocycles. The molecule has 0 fully saturated rings. The Labute approximate surface area is 826 Å². The lowest BCUT2D eigenvalue weighted by Crippen LogP contribution is -2.42. The number of aromatic nitrogens is 6. The summed E-state index contributed by atoms with van der Waals surface area (Å²) in [7, 11) is 0. The number of hydrogen-bond acceptors (Lipinski definition) is 17. The minimum absolute atomic E-state index is 0.00114. The third-order valence-corrected chi connectivity index (χ3v) is 25.6. The lowest BCUT2D eigenvalue weighted by Gasteiger charge is -2.35. The van der Waals surface area contributed by atoms with Gasteiger partial charge in [0.15, 0.2) is 6.61 Å². The van der Waals surface area contributed by atoms with Crippen molar-refractivity contribution in [1.29, 1.82) is 0 Å². The van der Waals surface area contributed by atoms with E-state index < -0.39 is 30.5 Å². The molecule has 0 saturated heterocycles. The molecule has 10 aromatic carbocycles. The molecule has 712 valence electrons. The Morgan fingerprint density at radius 1 is 0.457 bits per heavy atom. The van der Waals surface area contributed by atoms with Crippen LogP contribution < -0.4 is 34.2 Å². The Morgan fingerprint density at radius 3 is 1.14 bits per heavy atom. The number of nitrogens with zero attached hydrogens (tertiary/aromatic N) is 6. The second-order valence-corrected chi connectivity index (χ2v) is 35.7. The van der Waals surface area contributed by atoms with Crippen LogP contribution in [0.2, 0.25) is 30.1 Å². The number of imidazole rings is 1. The maximum Gasteiger partial charge on any atom is 0.416 e. The zero-order valence-corrected chi connectivity index (χ0v) is 80.0. The largest absolute Gasteiger partial charge is 0.494 e. The van der Waals surface area contributed by atoms with Gasteiger partial charge in [-0.15, -0.1) is 5.92 Å². The number of H-pyrrole nitrogens is 4. The van der Waals surface area contributed by atoms with Crippen molar-refractivity contribution in [1.82, 2.24) is 49.1 Å². The summed E-state index contributed by atoms with van der Waals surface area (Å²) in [6, 6.07) is 65.7. The zero-order valence-electron chi connectivity index (χ0n) is 75.5. The van der Waals surface area contributed by atoms with Crippen molar-refractivity contribution in [3.8, 4) is 46.3 Å². The standard InChI is InChI=1S/C31H28Cl2N4O3.C27H22Cl2N2O3.C25H26ClN3O4.C23H25ClN2O5/c32-22-5-10-25(11-6-22)40-31(38)37-16-13-26-27-19-23(33)7-12-28(27)35-29(26)30(37)21-3-8-24(9-4-21)39-18-2-1-15-36-17-14-34-20-36;1-2-15-33-20-8-3-17(4-9-20)26-25-22(23-16-19(29)7-12-24(23)30-25)13-14-31(26)27(32)34-21-10-5-18(28)6-11-21;1-2-3-12-32-25(31)29-11-10-20-21-13-17(26)6-9-22(21)28-23(20)24(29)16-4-7-19(8-5-16)33-15-18(30)14-27;1-2-30-23(29)26-10-9-18-19-11-15(24)5-8-20(19)25-21(18)22(26)14-3-6-17(7-4-14)31-13-16(28)12-27/h3-12,14,17,19-20,30,35H,1-2,13,15-16,18H2;2-12,16,26,30H,1,13-15H2;4-9,13,18,24,28,30H,10-12,14-15,27H2,1H3;3-8,11,16,22,25,27-28H,2,9-10,12-13H2,1H3. The Bertz CT molecular complexity index is 6830. The van der Waals surface area contributed by atoms with Gasteiger partial charge >= 0.3 is 24.4 Å². The van der Waals surface area contributed by atoms with Crippen molar-refractivity contribution in [2.24, 2.45) is 5.73 Å². The number of hydrogen-bond donors (Lipinski definition) is 8. The van der Waals surface area contributed by atoms with Crippen LogP contribution in [0.1, 0.15) is 118 Å². The average molecular weight is 1980 g/mol. The molecule has 9 N–H and O–H groups in total. The van der Waals surface area contributed by atoms with Crippen LogP contribution in [0, 0.1) is 11.8 Å². The molecule has 0 spiro atoms. The van der Waals surface area contributed by atoms with Crippen LogP contribution in [0.25, 0.3) is 43.6 Å². The van der Waals surface area contributed by atoms with Gasteiger partial charge in [0.25, 0.3) is 0 Å². The number of carbonyl (C=O) groups excluding carboxylic acids is 4. The lowest BCUT2D eigenvalue weighted by atomic mass is 9.92. The maximum absolute atomic E-state index is 13.5. The van der Waals surface area contributed by atoms with Crippen molar-refractivity contribution in [3.05, 3.63) is 347 Å². The molecule has 0 bridgehead atoms. The highest BCUT2D eigenvalue weighted by Gasteiger charge is 2.41. The van der Waals surface area contributed by atoms with Crippen molar-refractivity contribution in [2.75, 3.05) is 79.0 Å². The Kier molecular flexibility index (Phi) is 32.5. The fraction of sp³-hybridized carbons (Fsp3) is 0.255. The van der Waals surface area contributed by atoms with E-state index in [0.29, 0.717) is 125 Å². The number of aliphatic hydroxyl groups excluding tert-OH is 3. The van der Waals surface area contributed by atoms with Gasteiger partial charge in [-0.3, -0.25) is 19.6 Å². The first-order chi connectivity index (χ1) is 67.1. The quantitative estimate of drug-likeness (QED) is 0.0150. The predicted molar refractivity (Wildman–Crippen MR) is 537 cm³/mol. The zero-order chi connectivity index (χ0) is 96.5. The maximum atomic E-state index is 13.5. The normalized spacial score (nSPS) is 15.6. The molecular formula is C106H101Cl6N11O15. The fourth-order valence-corrected chi connectivity index (χ4v) is 18.6. The van der Waals surface area contributed by atoms with Crippen molar-refractivity contribution in [3.63, 3.8) is 0 Å². The highest BCUT2D eigenvalue weighted by atomic mass is 35.5. The van der Waals surface area contributed by atoms with E-state index in [1.54, 1.807) is 106 Å². The van der Waals surface area contributed by atoms with Crippen LogP contribution in [0.4, 0.5) is 19.2 Å². The average Bonchev–Trinajstić information content (AvgIpc) is 1.61. The molecule has 32 heteroatoms. The second kappa shape index (κ2) is 45.8. The molecule has 15 aromatic rings. The third-order valence-electron chi connectivity index (χ3n) is 24.2. The number of nitrogens with one attached hydrogen (secondary N) is 4. The number of aliphatic hydroxyl groups is 3. The van der Waals surface area contributed by atoms with E-state index >= 15 is 0 Å². The Hall–Kier alpha value is -13.3. The van der Waals surface area contributed by atoms with Crippen LogP contribution >= 0.6 is 69.6 Å². The molecule has 6 atom stereocenters. The number of halogens is 6. The van der Waals surface area contributed by atoms with E-state index in [1.165, 1.54) is 0 Å². The van der Waals surface area contributed by atoms with Gasteiger partial charge in [0.1, 0.15) is 90.7 Å². The highest BCUT2D eigenvalue weighted by Crippen LogP contribution is 2.46. The van der Waals surface area contributed by atoms with Gasteiger partial charge in [-0.1, -0.05) is 137 Å². The number of unbranched alkanes of at least 4 members (excludes halogenated alkanes) is 1. The number of amides is 4. The highest BCUT2D eigenvalue weighted by molar-refractivity contribution is 6.33. The topological polar surface area (TPSA) is 323 Å². The predicted octanol–water partition coefficient (Wildman–Crippen LogP) is 22.1. The number of aryl methyl sites for hydroxylation is 1. The number of nitrogens with two attached hydrogens (primary N) is 1. The fourth-order valence-electron chi connectivity index (χ4n) is 17.7. The van der Waals surface area contributed by atoms with E-state index in [2.05, 4.69) is 47.9 Å². The summed E-state index contributed by atoms with van der Waals surface area (Å²) in [5.74, 6) is 9.09. The van der Waals surface area contributed by atoms with Crippen LogP contribution in [0.5, 0.6) is 34.5 Å². The smallest absolute Gasteiger partial charge is 0.416 e. The molecule has 4 aliphatic heterocycles. The third kappa shape index (κ3) is 23.2. The second-order valence-electron chi connectivity index (χ2n) is 33.1. The van der Waals surface area contributed by atoms with Gasteiger partial charge in [0.05, 0.1) is 26.1 Å². The van der Waals surface area contributed by atoms with Gasteiger partial charge in [-0.2, -0.15) is 0 Å². The van der Waals surface area contributed by atoms with E-state index in [9.17, 15) is 29.4 Å². The first-order valence-corrected chi connectivity index (χ1v) is 47.5. The first-order valence-electron chi connectivity index (χ1n) is 45.2. The molecular weight excluding hydrogens is 1880 g/mol. The molecule has 26 nitrogen and oxygen atoms in total. The Balaban J connectivity index is 0.000000134. The summed E-state index contributed by atoms with van der Waals surface area (Å²) < 4.78 is 47.0. The monoisotopic (exact) mass is 1980 g/mol. The number of fused-ring (bicyclic) bond motifs is 12. The summed E-state index contributed by atoms with van der Waals surface area (Å²) in [5, 5.41) is 36.2. The molecule has 138 heavy (non-hydrogen) atoms. The lowest BCUT2D eigenvalue weighted by molar-refractivity contribution is 0.0536. The summed E-state index contributed by atoms with van der Waals surface area (Å²) in [5.41, 5.74) is 21.5. The van der Waals surface area contributed by atoms with Gasteiger partial charge in [-0.25, -0.2) is 24.2 Å². The molecule has 5 aromatic heterocycles. The molecule has 4 aliphatic rings. The molecule has 0 radical (unpaired) electrons. The van der Waals surface area contributed by atoms with E-state index in [4.69, 9.17) is 118 Å². The SMILES string of the molecule is C=CCOc1ccc(C2c3[nH]c4ccc(Cl)cc4c3CCN2C(=O)Oc2ccc(Cl)cc2)cc1.CC#CCOC(=O)N1CCc2c([nH]c3ccc(Cl)cc23)C1c1ccc(OCC(O)CN)cc1.CCOC(=O)N1CCc2c([nH]c3ccc(Cl)cc23)C1c1ccc(OCC(O)CO)cc1.O=C(Oc1ccc(Cl)cc1)N1CCc2c([nH]c3ccc(Cl)cc23)C1c1ccc(OCCCCn2ccnc2)cc1. The number of aromatic amines is 4. The summed E-state index contributed by atoms with van der Waals surface area (Å²) in [6.45, 7) is 11.4. The minimum atomic E-state index is -0.932. The van der Waals surface area contributed by atoms with Gasteiger partial charge in [0.2, 0.25) is 0 Å². The van der Waals surface area contributed by atoms with Crippen molar-refractivity contribution in [2.45, 2.75) is 95.3 Å². The van der Waals surface area contributed by atoms with Gasteiger partial charge < -0.3 is 83.5 Å². The number of ether oxygens (including phenoxy) is 8. The summed E-state index contributed by atoms with van der Waals surface area (Å²) in [6.07, 6.45) is 8.68. The van der Waals surface area contributed by atoms with Gasteiger partial charge in [0, 0.05) is 148 Å². The molecule has 19 rings (SSSR count). The van der Waals surface area contributed by atoms with Crippen LogP contribution in [0.15, 0.2) is 250 Å². The molecule has 4 amide bonds. The van der Waals surface area contributed by atoms with E-state index in [1.807, 2.05) is 170 Å². The van der Waals surface area contributed by atoms with Gasteiger partial charge in [-0.05, 0) is 267 Å². The summed E-state index contributed by atoms with van der Waals surface area (Å²) >= 11 is 37.1. The van der Waals surface area contributed by atoms with E-state index in [0.717, 1.165) is 142 Å². The molecule has 0 aliphatic carbocycles. The van der Waals surface area contributed by atoms with Crippen molar-refractivity contribution >= 4 is 138 Å². The first kappa shape index (κ1) is 97.8. The molecule has 9 heterocycles. The number of benzene rings is 10. The van der Waals surface area contributed by atoms with Crippen molar-refractivity contribution < 1.29 is 72.4 Å².